The summed E-state index contributed by atoms with van der Waals surface area (Å²) in [7, 11) is 0. The molecule has 0 radical (unpaired) electrons. The fourth-order valence-electron chi connectivity index (χ4n) is 2.88. The molecule has 2 heteroatoms. The standard InChI is InChI=1S/C10H20O.C10H18O/c1-8(2)10-5-3-9(7-11)4-6-10;1-9(2)5-4-6-10(3)7-8-11/h8-11H,3-7H2,1-2H3;5,7,11H,4,6,8H2,1-3H3/b;10-7+. The zero-order chi connectivity index (χ0) is 17.0. The van der Waals surface area contributed by atoms with Crippen LogP contribution in [0.5, 0.6) is 0 Å². The smallest absolute Gasteiger partial charge is 0.0614 e. The van der Waals surface area contributed by atoms with Gasteiger partial charge >= 0.3 is 0 Å². The summed E-state index contributed by atoms with van der Waals surface area (Å²) in [6, 6.07) is 0. The fourth-order valence-corrected chi connectivity index (χ4v) is 2.88. The van der Waals surface area contributed by atoms with E-state index in [9.17, 15) is 0 Å². The van der Waals surface area contributed by atoms with Gasteiger partial charge < -0.3 is 10.2 Å². The molecule has 0 bridgehead atoms. The highest BCUT2D eigenvalue weighted by atomic mass is 16.3. The number of rotatable bonds is 6. The third kappa shape index (κ3) is 11.0. The van der Waals surface area contributed by atoms with Gasteiger partial charge in [0.05, 0.1) is 6.61 Å². The van der Waals surface area contributed by atoms with E-state index >= 15 is 0 Å². The van der Waals surface area contributed by atoms with Gasteiger partial charge in [-0.3, -0.25) is 0 Å². The van der Waals surface area contributed by atoms with Crippen molar-refractivity contribution >= 4 is 0 Å². The Balaban J connectivity index is 0.000000401. The maximum atomic E-state index is 8.92. The van der Waals surface area contributed by atoms with Crippen LogP contribution in [0.1, 0.15) is 73.1 Å². The zero-order valence-corrected chi connectivity index (χ0v) is 15.4. The molecule has 0 aromatic carbocycles. The predicted octanol–water partition coefficient (Wildman–Crippen LogP) is 5.11. The van der Waals surface area contributed by atoms with E-state index in [-0.39, 0.29) is 6.61 Å². The topological polar surface area (TPSA) is 40.5 Å². The van der Waals surface area contributed by atoms with Gasteiger partial charge in [-0.05, 0) is 77.0 Å². The molecule has 1 fully saturated rings. The predicted molar refractivity (Wildman–Crippen MR) is 96.9 cm³/mol. The first-order valence-electron chi connectivity index (χ1n) is 8.91. The van der Waals surface area contributed by atoms with E-state index in [0.29, 0.717) is 12.5 Å². The normalized spacial score (nSPS) is 22.1. The highest BCUT2D eigenvalue weighted by molar-refractivity contribution is 5.01. The third-order valence-corrected chi connectivity index (χ3v) is 4.62. The van der Waals surface area contributed by atoms with Gasteiger partial charge in [0.15, 0.2) is 0 Å². The second-order valence-corrected chi connectivity index (χ2v) is 7.26. The minimum atomic E-state index is 0.167. The summed E-state index contributed by atoms with van der Waals surface area (Å²) >= 11 is 0. The van der Waals surface area contributed by atoms with Gasteiger partial charge in [-0.2, -0.15) is 0 Å². The number of allylic oxidation sites excluding steroid dienone is 3. The fraction of sp³-hybridized carbons (Fsp3) is 0.800. The summed E-state index contributed by atoms with van der Waals surface area (Å²) in [5.74, 6) is 2.39. The van der Waals surface area contributed by atoms with Crippen molar-refractivity contribution in [1.82, 2.24) is 0 Å². The molecule has 0 spiro atoms. The minimum Gasteiger partial charge on any atom is -0.396 e. The molecule has 0 aromatic rings. The average molecular weight is 311 g/mol. The summed E-state index contributed by atoms with van der Waals surface area (Å²) < 4.78 is 0. The summed E-state index contributed by atoms with van der Waals surface area (Å²) in [5.41, 5.74) is 2.63. The van der Waals surface area contributed by atoms with E-state index in [1.807, 2.05) is 6.08 Å². The van der Waals surface area contributed by atoms with Crippen molar-refractivity contribution in [1.29, 1.82) is 0 Å². The van der Waals surface area contributed by atoms with Crippen molar-refractivity contribution in [2.45, 2.75) is 73.1 Å². The lowest BCUT2D eigenvalue weighted by Gasteiger charge is -2.29. The van der Waals surface area contributed by atoms with Gasteiger partial charge in [0.1, 0.15) is 0 Å². The van der Waals surface area contributed by atoms with E-state index in [4.69, 9.17) is 10.2 Å². The van der Waals surface area contributed by atoms with Crippen LogP contribution in [0.25, 0.3) is 0 Å². The Morgan fingerprint density at radius 2 is 1.59 bits per heavy atom. The molecule has 1 aliphatic rings. The molecular weight excluding hydrogens is 272 g/mol. The lowest BCUT2D eigenvalue weighted by molar-refractivity contribution is 0.151. The van der Waals surface area contributed by atoms with Crippen molar-refractivity contribution in [3.63, 3.8) is 0 Å². The molecule has 0 aliphatic heterocycles. The highest BCUT2D eigenvalue weighted by Gasteiger charge is 2.22. The Morgan fingerprint density at radius 1 is 1.00 bits per heavy atom. The molecule has 0 amide bonds. The van der Waals surface area contributed by atoms with Crippen LogP contribution >= 0.6 is 0 Å². The minimum absolute atomic E-state index is 0.167. The molecule has 0 aromatic heterocycles. The SMILES string of the molecule is CC(C)=CCC/C(C)=C/CO.CC(C)C1CCC(CO)CC1. The molecule has 0 heterocycles. The first-order valence-corrected chi connectivity index (χ1v) is 8.91. The largest absolute Gasteiger partial charge is 0.396 e. The average Bonchev–Trinajstić information content (AvgIpc) is 2.48. The maximum Gasteiger partial charge on any atom is 0.0614 e. The second-order valence-electron chi connectivity index (χ2n) is 7.26. The molecule has 2 N–H and O–H groups in total. The van der Waals surface area contributed by atoms with Crippen LogP contribution in [0.4, 0.5) is 0 Å². The van der Waals surface area contributed by atoms with Gasteiger partial charge in [-0.1, -0.05) is 37.1 Å². The van der Waals surface area contributed by atoms with Crippen LogP contribution in [0.2, 0.25) is 0 Å². The summed E-state index contributed by atoms with van der Waals surface area (Å²) in [6.45, 7) is 11.4. The molecule has 22 heavy (non-hydrogen) atoms. The lowest BCUT2D eigenvalue weighted by Crippen LogP contribution is -2.20. The second kappa shape index (κ2) is 12.9. The maximum absolute atomic E-state index is 8.92. The molecule has 1 rings (SSSR count). The molecule has 1 saturated carbocycles. The van der Waals surface area contributed by atoms with Crippen molar-refractivity contribution in [3.8, 4) is 0 Å². The first kappa shape index (κ1) is 21.4. The van der Waals surface area contributed by atoms with Gasteiger partial charge in [-0.25, -0.2) is 0 Å². The van der Waals surface area contributed by atoms with E-state index in [1.54, 1.807) is 0 Å². The van der Waals surface area contributed by atoms with Crippen LogP contribution in [0.3, 0.4) is 0 Å². The molecule has 0 atom stereocenters. The summed E-state index contributed by atoms with van der Waals surface area (Å²) in [4.78, 5) is 0. The molecule has 0 unspecified atom stereocenters. The van der Waals surface area contributed by atoms with Crippen molar-refractivity contribution in [3.05, 3.63) is 23.3 Å². The van der Waals surface area contributed by atoms with E-state index in [2.05, 4.69) is 40.7 Å². The quantitative estimate of drug-likeness (QED) is 0.669. The molecule has 2 nitrogen and oxygen atoms in total. The van der Waals surface area contributed by atoms with Crippen molar-refractivity contribution < 1.29 is 10.2 Å². The number of hydrogen-bond donors (Lipinski definition) is 2. The first-order chi connectivity index (χ1) is 10.4. The number of hydrogen-bond acceptors (Lipinski definition) is 2. The lowest BCUT2D eigenvalue weighted by atomic mass is 9.77. The Morgan fingerprint density at radius 3 is 2.00 bits per heavy atom. The molecular formula is C20H38O2. The summed E-state index contributed by atoms with van der Waals surface area (Å²) in [6.07, 6.45) is 11.4. The summed E-state index contributed by atoms with van der Waals surface area (Å²) in [5, 5.41) is 17.5. The zero-order valence-electron chi connectivity index (χ0n) is 15.4. The van der Waals surface area contributed by atoms with E-state index < -0.39 is 0 Å². The monoisotopic (exact) mass is 310 g/mol. The van der Waals surface area contributed by atoms with Gasteiger partial charge in [0, 0.05) is 6.61 Å². The van der Waals surface area contributed by atoms with Crippen LogP contribution in [-0.4, -0.2) is 23.4 Å². The van der Waals surface area contributed by atoms with Crippen LogP contribution in [0, 0.1) is 17.8 Å². The number of aliphatic hydroxyl groups is 2. The highest BCUT2D eigenvalue weighted by Crippen LogP contribution is 2.32. The van der Waals surface area contributed by atoms with Crippen molar-refractivity contribution in [2.24, 2.45) is 17.8 Å². The van der Waals surface area contributed by atoms with Crippen LogP contribution in [-0.2, 0) is 0 Å². The van der Waals surface area contributed by atoms with E-state index in [0.717, 1.165) is 24.7 Å². The molecule has 0 saturated heterocycles. The molecule has 130 valence electrons. The van der Waals surface area contributed by atoms with E-state index in [1.165, 1.54) is 36.8 Å². The Labute approximate surface area is 138 Å². The van der Waals surface area contributed by atoms with Crippen LogP contribution < -0.4 is 0 Å². The Hall–Kier alpha value is -0.600. The third-order valence-electron chi connectivity index (χ3n) is 4.62. The van der Waals surface area contributed by atoms with Gasteiger partial charge in [0.2, 0.25) is 0 Å². The van der Waals surface area contributed by atoms with Crippen molar-refractivity contribution in [2.75, 3.05) is 13.2 Å². The van der Waals surface area contributed by atoms with Gasteiger partial charge in [-0.15, -0.1) is 0 Å². The van der Waals surface area contributed by atoms with Gasteiger partial charge in [0.25, 0.3) is 0 Å². The number of aliphatic hydroxyl groups excluding tert-OH is 2. The molecule has 1 aliphatic carbocycles. The van der Waals surface area contributed by atoms with Crippen LogP contribution in [0.15, 0.2) is 23.3 Å². The Kier molecular flexibility index (Phi) is 12.5. The Bertz CT molecular complexity index is 317.